The summed E-state index contributed by atoms with van der Waals surface area (Å²) in [6, 6.07) is 15.2. The van der Waals surface area contributed by atoms with Crippen LogP contribution in [0.25, 0.3) is 0 Å². The second kappa shape index (κ2) is 8.73. The van der Waals surface area contributed by atoms with Crippen molar-refractivity contribution in [2.75, 3.05) is 12.4 Å². The van der Waals surface area contributed by atoms with Crippen molar-refractivity contribution < 1.29 is 9.53 Å². The van der Waals surface area contributed by atoms with Crippen LogP contribution in [0.5, 0.6) is 5.75 Å². The Labute approximate surface area is 151 Å². The third-order valence-electron chi connectivity index (χ3n) is 3.71. The van der Waals surface area contributed by atoms with Crippen LogP contribution < -0.4 is 10.1 Å². The summed E-state index contributed by atoms with van der Waals surface area (Å²) in [4.78, 5) is 14.0. The van der Waals surface area contributed by atoms with Crippen LogP contribution in [0.4, 0.5) is 10.5 Å². The highest BCUT2D eigenvalue weighted by molar-refractivity contribution is 9.10. The van der Waals surface area contributed by atoms with Crippen molar-refractivity contribution in [3.63, 3.8) is 0 Å². The number of benzene rings is 2. The lowest BCUT2D eigenvalue weighted by Crippen LogP contribution is -2.30. The van der Waals surface area contributed by atoms with Crippen LogP contribution in [0.15, 0.2) is 53.0 Å². The van der Waals surface area contributed by atoms with Gasteiger partial charge in [0.2, 0.25) is 0 Å². The summed E-state index contributed by atoms with van der Waals surface area (Å²) < 4.78 is 6.78. The van der Waals surface area contributed by atoms with Gasteiger partial charge < -0.3 is 15.0 Å². The molecule has 0 saturated carbocycles. The number of halogens is 1. The Kier molecular flexibility index (Phi) is 6.67. The molecule has 2 amide bonds. The van der Waals surface area contributed by atoms with Gasteiger partial charge in [-0.1, -0.05) is 47.1 Å². The molecule has 0 saturated heterocycles. The molecular weight excluding hydrogens is 368 g/mol. The number of rotatable bonds is 6. The zero-order valence-electron chi connectivity index (χ0n) is 14.3. The summed E-state index contributed by atoms with van der Waals surface area (Å²) in [7, 11) is 1.77. The SMILES string of the molecule is CCC(C)Oc1cccc(NC(=O)N(C)Cc2ccccc2Br)c1. The third-order valence-corrected chi connectivity index (χ3v) is 4.48. The summed E-state index contributed by atoms with van der Waals surface area (Å²) in [6.07, 6.45) is 1.08. The predicted octanol–water partition coefficient (Wildman–Crippen LogP) is 5.29. The molecule has 1 N–H and O–H groups in total. The quantitative estimate of drug-likeness (QED) is 0.727. The minimum Gasteiger partial charge on any atom is -0.491 e. The molecule has 0 radical (unpaired) electrons. The molecule has 2 rings (SSSR count). The minimum absolute atomic E-state index is 0.147. The molecular formula is C19H23BrN2O2. The number of anilines is 1. The summed E-state index contributed by atoms with van der Waals surface area (Å²) in [5.74, 6) is 0.760. The van der Waals surface area contributed by atoms with Gasteiger partial charge in [-0.25, -0.2) is 4.79 Å². The Morgan fingerprint density at radius 2 is 2.00 bits per heavy atom. The van der Waals surface area contributed by atoms with E-state index in [1.165, 1.54) is 0 Å². The van der Waals surface area contributed by atoms with E-state index in [-0.39, 0.29) is 12.1 Å². The number of hydrogen-bond donors (Lipinski definition) is 1. The largest absolute Gasteiger partial charge is 0.491 e. The van der Waals surface area contributed by atoms with Gasteiger partial charge in [-0.3, -0.25) is 0 Å². The fourth-order valence-corrected chi connectivity index (χ4v) is 2.55. The maximum absolute atomic E-state index is 12.4. The first-order valence-electron chi connectivity index (χ1n) is 8.01. The van der Waals surface area contributed by atoms with Gasteiger partial charge in [0.1, 0.15) is 5.75 Å². The maximum Gasteiger partial charge on any atom is 0.321 e. The van der Waals surface area contributed by atoms with Gasteiger partial charge in [-0.15, -0.1) is 0 Å². The Bertz CT molecular complexity index is 691. The van der Waals surface area contributed by atoms with Crippen molar-refractivity contribution in [2.45, 2.75) is 32.9 Å². The molecule has 0 bridgehead atoms. The van der Waals surface area contributed by atoms with Crippen molar-refractivity contribution in [3.8, 4) is 5.75 Å². The predicted molar refractivity (Wildman–Crippen MR) is 101 cm³/mol. The highest BCUT2D eigenvalue weighted by atomic mass is 79.9. The molecule has 0 aliphatic heterocycles. The van der Waals surface area contributed by atoms with E-state index in [4.69, 9.17) is 4.74 Å². The number of hydrogen-bond acceptors (Lipinski definition) is 2. The lowest BCUT2D eigenvalue weighted by atomic mass is 10.2. The Morgan fingerprint density at radius 3 is 2.71 bits per heavy atom. The molecule has 1 unspecified atom stereocenters. The van der Waals surface area contributed by atoms with E-state index in [1.807, 2.05) is 55.5 Å². The molecule has 5 heteroatoms. The monoisotopic (exact) mass is 390 g/mol. The lowest BCUT2D eigenvalue weighted by molar-refractivity contribution is 0.217. The van der Waals surface area contributed by atoms with Crippen molar-refractivity contribution in [1.82, 2.24) is 4.90 Å². The van der Waals surface area contributed by atoms with Crippen molar-refractivity contribution >= 4 is 27.6 Å². The maximum atomic E-state index is 12.4. The van der Waals surface area contributed by atoms with E-state index in [0.717, 1.165) is 27.9 Å². The smallest absolute Gasteiger partial charge is 0.321 e. The second-order valence-corrected chi connectivity index (χ2v) is 6.60. The zero-order valence-corrected chi connectivity index (χ0v) is 15.8. The van der Waals surface area contributed by atoms with E-state index in [2.05, 4.69) is 28.2 Å². The Hall–Kier alpha value is -2.01. The van der Waals surface area contributed by atoms with E-state index in [1.54, 1.807) is 11.9 Å². The number of ether oxygens (including phenoxy) is 1. The molecule has 0 fully saturated rings. The van der Waals surface area contributed by atoms with E-state index < -0.39 is 0 Å². The standard InChI is InChI=1S/C19H23BrN2O2/c1-4-14(2)24-17-10-7-9-16(12-17)21-19(23)22(3)13-15-8-5-6-11-18(15)20/h5-12,14H,4,13H2,1-3H3,(H,21,23). The van der Waals surface area contributed by atoms with Gasteiger partial charge in [0.25, 0.3) is 0 Å². The molecule has 0 spiro atoms. The molecule has 0 aliphatic rings. The molecule has 4 nitrogen and oxygen atoms in total. The van der Waals surface area contributed by atoms with Crippen LogP contribution >= 0.6 is 15.9 Å². The number of nitrogens with one attached hydrogen (secondary N) is 1. The van der Waals surface area contributed by atoms with E-state index in [9.17, 15) is 4.79 Å². The minimum atomic E-state index is -0.161. The zero-order chi connectivity index (χ0) is 17.5. The van der Waals surface area contributed by atoms with Crippen molar-refractivity contribution in [3.05, 3.63) is 58.6 Å². The summed E-state index contributed by atoms with van der Waals surface area (Å²) in [5, 5.41) is 2.90. The number of carbonyl (C=O) groups is 1. The average Bonchev–Trinajstić information content (AvgIpc) is 2.57. The lowest BCUT2D eigenvalue weighted by Gasteiger charge is -2.19. The first-order chi connectivity index (χ1) is 11.5. The molecule has 24 heavy (non-hydrogen) atoms. The first kappa shape index (κ1) is 18.3. The summed E-state index contributed by atoms with van der Waals surface area (Å²) in [5.41, 5.74) is 1.78. The molecule has 1 atom stereocenters. The second-order valence-electron chi connectivity index (χ2n) is 5.74. The number of amides is 2. The highest BCUT2D eigenvalue weighted by Gasteiger charge is 2.11. The molecule has 0 heterocycles. The Balaban J connectivity index is 1.98. The molecule has 0 aromatic heterocycles. The molecule has 0 aliphatic carbocycles. The van der Waals surface area contributed by atoms with Gasteiger partial charge in [0.05, 0.1) is 6.10 Å². The topological polar surface area (TPSA) is 41.6 Å². The molecule has 2 aromatic carbocycles. The van der Waals surface area contributed by atoms with Crippen molar-refractivity contribution in [1.29, 1.82) is 0 Å². The van der Waals surface area contributed by atoms with E-state index >= 15 is 0 Å². The number of urea groups is 1. The number of carbonyl (C=O) groups excluding carboxylic acids is 1. The fraction of sp³-hybridized carbons (Fsp3) is 0.316. The van der Waals surface area contributed by atoms with Gasteiger partial charge in [-0.05, 0) is 37.1 Å². The normalized spacial score (nSPS) is 11.7. The van der Waals surface area contributed by atoms with E-state index in [0.29, 0.717) is 6.54 Å². The molecule has 2 aromatic rings. The van der Waals surface area contributed by atoms with Crippen LogP contribution in [0.1, 0.15) is 25.8 Å². The van der Waals surface area contributed by atoms with Gasteiger partial charge in [0, 0.05) is 29.8 Å². The number of nitrogens with zero attached hydrogens (tertiary/aromatic N) is 1. The fourth-order valence-electron chi connectivity index (χ4n) is 2.14. The molecule has 128 valence electrons. The third kappa shape index (κ3) is 5.27. The van der Waals surface area contributed by atoms with Crippen LogP contribution in [-0.2, 0) is 6.54 Å². The van der Waals surface area contributed by atoms with Gasteiger partial charge in [0.15, 0.2) is 0 Å². The van der Waals surface area contributed by atoms with Crippen LogP contribution in [0, 0.1) is 0 Å². The van der Waals surface area contributed by atoms with Crippen LogP contribution in [0.2, 0.25) is 0 Å². The van der Waals surface area contributed by atoms with Gasteiger partial charge >= 0.3 is 6.03 Å². The van der Waals surface area contributed by atoms with Crippen molar-refractivity contribution in [2.24, 2.45) is 0 Å². The first-order valence-corrected chi connectivity index (χ1v) is 8.81. The average molecular weight is 391 g/mol. The van der Waals surface area contributed by atoms with Crippen LogP contribution in [-0.4, -0.2) is 24.1 Å². The van der Waals surface area contributed by atoms with Crippen LogP contribution in [0.3, 0.4) is 0 Å². The van der Waals surface area contributed by atoms with Gasteiger partial charge in [-0.2, -0.15) is 0 Å². The summed E-state index contributed by atoms with van der Waals surface area (Å²) in [6.45, 7) is 4.63. The Morgan fingerprint density at radius 1 is 1.25 bits per heavy atom. The summed E-state index contributed by atoms with van der Waals surface area (Å²) >= 11 is 3.50. The highest BCUT2D eigenvalue weighted by Crippen LogP contribution is 2.21.